The highest BCUT2D eigenvalue weighted by Gasteiger charge is 2.21. The summed E-state index contributed by atoms with van der Waals surface area (Å²) in [5.41, 5.74) is -1.62. The molecule has 0 spiro atoms. The number of carboxylic acid groups (broad SMARTS) is 1. The van der Waals surface area contributed by atoms with E-state index in [0.29, 0.717) is 6.54 Å². The van der Waals surface area contributed by atoms with Crippen molar-refractivity contribution in [3.05, 3.63) is 32.6 Å². The maximum atomic E-state index is 12.0. The molecular formula is C11H15N3O4. The van der Waals surface area contributed by atoms with Gasteiger partial charge in [0.1, 0.15) is 5.56 Å². The number of rotatable bonds is 2. The number of hydrogen-bond acceptors (Lipinski definition) is 4. The molecule has 1 aromatic heterocycles. The van der Waals surface area contributed by atoms with Crippen LogP contribution < -0.4 is 16.6 Å². The molecule has 1 aromatic rings. The van der Waals surface area contributed by atoms with Crippen molar-refractivity contribution in [2.45, 2.75) is 18.9 Å². The molecule has 1 saturated heterocycles. The number of nitrogens with zero attached hydrogens (tertiary/aromatic N) is 2. The van der Waals surface area contributed by atoms with Gasteiger partial charge in [-0.05, 0) is 19.4 Å². The number of hydrogen-bond donors (Lipinski definition) is 2. The lowest BCUT2D eigenvalue weighted by atomic mass is 10.1. The highest BCUT2D eigenvalue weighted by molar-refractivity contribution is 5.86. The Balaban J connectivity index is 2.56. The van der Waals surface area contributed by atoms with Gasteiger partial charge in [0.2, 0.25) is 0 Å². The Morgan fingerprint density at radius 3 is 2.78 bits per heavy atom. The van der Waals surface area contributed by atoms with Crippen molar-refractivity contribution in [1.29, 1.82) is 0 Å². The molecule has 0 saturated carbocycles. The number of carbonyl (C=O) groups is 1. The standard InChI is InChI=1S/C11H15N3O4/c1-13-9(15)8(10(16)17)6-14(11(13)18)7-3-2-4-12-5-7/h6-7,12H,2-5H2,1H3,(H,16,17)/t7-/m1/s1. The zero-order valence-corrected chi connectivity index (χ0v) is 10.0. The first-order chi connectivity index (χ1) is 8.52. The van der Waals surface area contributed by atoms with E-state index in [1.54, 1.807) is 0 Å². The summed E-state index contributed by atoms with van der Waals surface area (Å²) in [4.78, 5) is 34.6. The molecule has 0 bridgehead atoms. The normalized spacial score (nSPS) is 19.7. The minimum absolute atomic E-state index is 0.101. The lowest BCUT2D eigenvalue weighted by molar-refractivity contribution is 0.0692. The Bertz CT molecular complexity index is 581. The van der Waals surface area contributed by atoms with Gasteiger partial charge in [0.05, 0.1) is 6.04 Å². The zero-order chi connectivity index (χ0) is 13.3. The van der Waals surface area contributed by atoms with Gasteiger partial charge in [0.15, 0.2) is 0 Å². The van der Waals surface area contributed by atoms with Crippen molar-refractivity contribution in [3.63, 3.8) is 0 Å². The first-order valence-corrected chi connectivity index (χ1v) is 5.78. The Morgan fingerprint density at radius 2 is 2.22 bits per heavy atom. The predicted molar refractivity (Wildman–Crippen MR) is 64.0 cm³/mol. The van der Waals surface area contributed by atoms with Crippen LogP contribution >= 0.6 is 0 Å². The molecule has 7 nitrogen and oxygen atoms in total. The zero-order valence-electron chi connectivity index (χ0n) is 10.0. The lowest BCUT2D eigenvalue weighted by Gasteiger charge is -2.25. The molecule has 7 heteroatoms. The molecule has 1 aliphatic heterocycles. The molecule has 2 heterocycles. The molecule has 0 radical (unpaired) electrons. The van der Waals surface area contributed by atoms with Crippen molar-refractivity contribution in [1.82, 2.24) is 14.5 Å². The summed E-state index contributed by atoms with van der Waals surface area (Å²) >= 11 is 0. The molecule has 1 fully saturated rings. The summed E-state index contributed by atoms with van der Waals surface area (Å²) < 4.78 is 2.19. The van der Waals surface area contributed by atoms with E-state index in [1.165, 1.54) is 11.6 Å². The topological polar surface area (TPSA) is 93.3 Å². The van der Waals surface area contributed by atoms with Gasteiger partial charge in [-0.25, -0.2) is 9.59 Å². The monoisotopic (exact) mass is 253 g/mol. The van der Waals surface area contributed by atoms with Crippen LogP contribution in [0.4, 0.5) is 0 Å². The van der Waals surface area contributed by atoms with E-state index in [9.17, 15) is 14.4 Å². The van der Waals surface area contributed by atoms with Crippen LogP contribution in [-0.2, 0) is 7.05 Å². The average Bonchev–Trinajstić information content (AvgIpc) is 2.37. The third kappa shape index (κ3) is 2.08. The van der Waals surface area contributed by atoms with Gasteiger partial charge in [0, 0.05) is 19.8 Å². The summed E-state index contributed by atoms with van der Waals surface area (Å²) in [5, 5.41) is 12.1. The number of carboxylic acids is 1. The smallest absolute Gasteiger partial charge is 0.342 e. The van der Waals surface area contributed by atoms with E-state index in [-0.39, 0.29) is 11.6 Å². The van der Waals surface area contributed by atoms with Gasteiger partial charge in [0.25, 0.3) is 5.56 Å². The van der Waals surface area contributed by atoms with E-state index in [0.717, 1.165) is 30.2 Å². The summed E-state index contributed by atoms with van der Waals surface area (Å²) in [7, 11) is 1.30. The Hall–Kier alpha value is -1.89. The molecule has 0 aliphatic carbocycles. The largest absolute Gasteiger partial charge is 0.477 e. The molecular weight excluding hydrogens is 238 g/mol. The van der Waals surface area contributed by atoms with Crippen LogP contribution in [0.1, 0.15) is 29.2 Å². The highest BCUT2D eigenvalue weighted by Crippen LogP contribution is 2.13. The van der Waals surface area contributed by atoms with Crippen molar-refractivity contribution < 1.29 is 9.90 Å². The molecule has 2 N–H and O–H groups in total. The Labute approximate surface area is 103 Å². The van der Waals surface area contributed by atoms with E-state index in [4.69, 9.17) is 5.11 Å². The second-order valence-corrected chi connectivity index (χ2v) is 4.40. The van der Waals surface area contributed by atoms with Crippen molar-refractivity contribution in [2.75, 3.05) is 13.1 Å². The highest BCUT2D eigenvalue weighted by atomic mass is 16.4. The first-order valence-electron chi connectivity index (χ1n) is 5.78. The quantitative estimate of drug-likeness (QED) is 0.717. The Morgan fingerprint density at radius 1 is 1.50 bits per heavy atom. The maximum absolute atomic E-state index is 12.0. The van der Waals surface area contributed by atoms with Gasteiger partial charge in [-0.3, -0.25) is 13.9 Å². The summed E-state index contributed by atoms with van der Waals surface area (Å²) in [5.74, 6) is -1.31. The van der Waals surface area contributed by atoms with Crippen LogP contribution in [-0.4, -0.2) is 33.3 Å². The fourth-order valence-corrected chi connectivity index (χ4v) is 2.17. The number of piperidine rings is 1. The van der Waals surface area contributed by atoms with Crippen molar-refractivity contribution in [3.8, 4) is 0 Å². The molecule has 0 amide bonds. The van der Waals surface area contributed by atoms with Crippen LogP contribution in [0.25, 0.3) is 0 Å². The third-order valence-corrected chi connectivity index (χ3v) is 3.21. The van der Waals surface area contributed by atoms with Gasteiger partial charge in [-0.15, -0.1) is 0 Å². The van der Waals surface area contributed by atoms with Crippen LogP contribution in [0.3, 0.4) is 0 Å². The molecule has 0 aromatic carbocycles. The minimum Gasteiger partial charge on any atom is -0.477 e. The fraction of sp³-hybridized carbons (Fsp3) is 0.545. The second kappa shape index (κ2) is 4.77. The van der Waals surface area contributed by atoms with Gasteiger partial charge >= 0.3 is 11.7 Å². The second-order valence-electron chi connectivity index (χ2n) is 4.40. The molecule has 18 heavy (non-hydrogen) atoms. The molecule has 1 atom stereocenters. The molecule has 98 valence electrons. The molecule has 2 rings (SSSR count). The third-order valence-electron chi connectivity index (χ3n) is 3.21. The SMILES string of the molecule is Cn1c(=O)c(C(=O)O)cn([C@@H]2CCCNC2)c1=O. The van der Waals surface area contributed by atoms with Crippen molar-refractivity contribution in [2.24, 2.45) is 7.05 Å². The maximum Gasteiger partial charge on any atom is 0.342 e. The van der Waals surface area contributed by atoms with Crippen LogP contribution in [0.15, 0.2) is 15.8 Å². The van der Waals surface area contributed by atoms with Gasteiger partial charge < -0.3 is 10.4 Å². The first kappa shape index (κ1) is 12.6. The molecule has 1 aliphatic rings. The van der Waals surface area contributed by atoms with Gasteiger partial charge in [-0.1, -0.05) is 0 Å². The van der Waals surface area contributed by atoms with Crippen LogP contribution in [0.5, 0.6) is 0 Å². The lowest BCUT2D eigenvalue weighted by Crippen LogP contribution is -2.45. The average molecular weight is 253 g/mol. The van der Waals surface area contributed by atoms with E-state index < -0.39 is 17.2 Å². The molecule has 0 unspecified atom stereocenters. The number of aromatic carboxylic acids is 1. The van der Waals surface area contributed by atoms with E-state index >= 15 is 0 Å². The number of nitrogens with one attached hydrogen (secondary N) is 1. The Kier molecular flexibility index (Phi) is 3.33. The number of aromatic nitrogens is 2. The fourth-order valence-electron chi connectivity index (χ4n) is 2.17. The summed E-state index contributed by atoms with van der Waals surface area (Å²) in [6.07, 6.45) is 2.87. The van der Waals surface area contributed by atoms with Gasteiger partial charge in [-0.2, -0.15) is 0 Å². The van der Waals surface area contributed by atoms with E-state index in [1.807, 2.05) is 0 Å². The summed E-state index contributed by atoms with van der Waals surface area (Å²) in [6.45, 7) is 1.50. The van der Waals surface area contributed by atoms with Crippen LogP contribution in [0.2, 0.25) is 0 Å². The summed E-state index contributed by atoms with van der Waals surface area (Å²) in [6, 6.07) is -0.101. The minimum atomic E-state index is -1.31. The van der Waals surface area contributed by atoms with Crippen LogP contribution in [0, 0.1) is 0 Å². The van der Waals surface area contributed by atoms with E-state index in [2.05, 4.69) is 5.32 Å². The van der Waals surface area contributed by atoms with Crippen molar-refractivity contribution >= 4 is 5.97 Å². The predicted octanol–water partition coefficient (Wildman–Crippen LogP) is -0.830.